The fraction of sp³-hybridized carbons (Fsp3) is 0.593. The number of carbonyl (C=O) groups is 1. The van der Waals surface area contributed by atoms with Gasteiger partial charge in [-0.15, -0.1) is 11.8 Å². The first-order chi connectivity index (χ1) is 18.0. The molecule has 1 aliphatic carbocycles. The van der Waals surface area contributed by atoms with Crippen LogP contribution in [0.15, 0.2) is 35.2 Å². The van der Waals surface area contributed by atoms with Crippen LogP contribution in [-0.2, 0) is 16.1 Å². The molecule has 202 valence electrons. The number of carbonyl (C=O) groups excluding carboxylic acids is 1. The summed E-state index contributed by atoms with van der Waals surface area (Å²) < 4.78 is 7.68. The summed E-state index contributed by atoms with van der Waals surface area (Å²) >= 11 is 8.24. The number of halogens is 1. The molecule has 0 bridgehead atoms. The monoisotopic (exact) mass is 547 g/mol. The summed E-state index contributed by atoms with van der Waals surface area (Å²) in [5, 5.41) is 16.9. The largest absolute Gasteiger partial charge is 0.370 e. The van der Waals surface area contributed by atoms with Gasteiger partial charge >= 0.3 is 0 Å². The van der Waals surface area contributed by atoms with Gasteiger partial charge in [-0.05, 0) is 38.3 Å². The molecule has 3 fully saturated rings. The van der Waals surface area contributed by atoms with Crippen molar-refractivity contribution in [3.8, 4) is 6.07 Å². The Balaban J connectivity index is 0.000000322. The van der Waals surface area contributed by atoms with Crippen molar-refractivity contribution in [1.82, 2.24) is 15.1 Å². The minimum absolute atomic E-state index is 0.470. The van der Waals surface area contributed by atoms with E-state index < -0.39 is 5.54 Å². The second kappa shape index (κ2) is 14.6. The molecule has 2 saturated heterocycles. The zero-order chi connectivity index (χ0) is 26.7. The molecule has 1 unspecified atom stereocenters. The predicted octanol–water partition coefficient (Wildman–Crippen LogP) is 2.95. The molecule has 1 amide bonds. The van der Waals surface area contributed by atoms with Crippen molar-refractivity contribution in [2.24, 2.45) is 0 Å². The van der Waals surface area contributed by atoms with Gasteiger partial charge in [0, 0.05) is 29.3 Å². The van der Waals surface area contributed by atoms with Crippen LogP contribution in [-0.4, -0.2) is 72.9 Å². The quantitative estimate of drug-likeness (QED) is 0.494. The molecule has 2 aromatic rings. The molecule has 1 aromatic heterocycles. The van der Waals surface area contributed by atoms with Crippen LogP contribution in [0.2, 0.25) is 5.02 Å². The van der Waals surface area contributed by atoms with Crippen LogP contribution in [0.1, 0.15) is 38.8 Å². The number of rotatable bonds is 8. The summed E-state index contributed by atoms with van der Waals surface area (Å²) in [5.41, 5.74) is 0.631. The Labute approximate surface area is 230 Å². The first-order valence-corrected chi connectivity index (χ1v) is 14.5. The van der Waals surface area contributed by atoms with E-state index in [4.69, 9.17) is 26.7 Å². The summed E-state index contributed by atoms with van der Waals surface area (Å²) in [6.07, 6.45) is 3.37. The Morgan fingerprint density at radius 2 is 2.05 bits per heavy atom. The summed E-state index contributed by atoms with van der Waals surface area (Å²) in [4.78, 5) is 15.1. The average molecular weight is 548 g/mol. The first-order valence-electron chi connectivity index (χ1n) is 13.3. The number of morpholine rings is 1. The van der Waals surface area contributed by atoms with E-state index in [0.717, 1.165) is 76.0 Å². The number of thioether (sulfide) groups is 1. The number of nitrogens with zero attached hydrogens (tertiary/aromatic N) is 4. The van der Waals surface area contributed by atoms with Crippen molar-refractivity contribution >= 4 is 35.6 Å². The molecule has 2 aliphatic heterocycles. The number of aromatic nitrogens is 2. The van der Waals surface area contributed by atoms with E-state index in [2.05, 4.69) is 40.0 Å². The van der Waals surface area contributed by atoms with E-state index in [9.17, 15) is 4.79 Å². The molecule has 1 atom stereocenters. The van der Waals surface area contributed by atoms with Crippen molar-refractivity contribution in [2.45, 2.75) is 62.3 Å². The van der Waals surface area contributed by atoms with Crippen LogP contribution in [0.3, 0.4) is 0 Å². The van der Waals surface area contributed by atoms with Gasteiger partial charge in [0.1, 0.15) is 24.4 Å². The van der Waals surface area contributed by atoms with Crippen LogP contribution in [0.5, 0.6) is 0 Å². The predicted molar refractivity (Wildman–Crippen MR) is 149 cm³/mol. The Bertz CT molecular complexity index is 1030. The lowest BCUT2D eigenvalue weighted by Gasteiger charge is -2.25. The summed E-state index contributed by atoms with van der Waals surface area (Å²) in [6.45, 7) is 14.3. The van der Waals surface area contributed by atoms with Gasteiger partial charge in [0.25, 0.3) is 0 Å². The first kappa shape index (κ1) is 29.3. The Kier molecular flexibility index (Phi) is 11.6. The molecular formula is C27H40ClN6O2S+. The van der Waals surface area contributed by atoms with Gasteiger partial charge in [-0.2, -0.15) is 10.4 Å². The fourth-order valence-electron chi connectivity index (χ4n) is 4.40. The maximum Gasteiger partial charge on any atom is 0.208 e. The van der Waals surface area contributed by atoms with Gasteiger partial charge in [-0.3, -0.25) is 4.79 Å². The second-order valence-corrected chi connectivity index (χ2v) is 11.1. The minimum atomic E-state index is -0.470. The minimum Gasteiger partial charge on any atom is -0.370 e. The Morgan fingerprint density at radius 3 is 2.68 bits per heavy atom. The molecular weight excluding hydrogens is 508 g/mol. The molecule has 37 heavy (non-hydrogen) atoms. The van der Waals surface area contributed by atoms with E-state index in [1.54, 1.807) is 4.90 Å². The third-order valence-electron chi connectivity index (χ3n) is 6.66. The van der Waals surface area contributed by atoms with E-state index >= 15 is 0 Å². The lowest BCUT2D eigenvalue weighted by atomic mass is 10.3. The zero-order valence-corrected chi connectivity index (χ0v) is 23.8. The van der Waals surface area contributed by atoms with Crippen molar-refractivity contribution in [2.75, 3.05) is 50.8 Å². The van der Waals surface area contributed by atoms with Gasteiger partial charge in [0.2, 0.25) is 6.41 Å². The molecule has 1 aromatic carbocycles. The van der Waals surface area contributed by atoms with Gasteiger partial charge < -0.3 is 19.9 Å². The molecule has 1 saturated carbocycles. The highest BCUT2D eigenvalue weighted by Crippen LogP contribution is 2.35. The molecule has 5 rings (SSSR count). The highest BCUT2D eigenvalue weighted by Gasteiger charge is 2.42. The van der Waals surface area contributed by atoms with Gasteiger partial charge in [0.15, 0.2) is 0 Å². The lowest BCUT2D eigenvalue weighted by molar-refractivity contribution is -0.908. The van der Waals surface area contributed by atoms with Crippen LogP contribution in [0.4, 0.5) is 5.82 Å². The van der Waals surface area contributed by atoms with Crippen molar-refractivity contribution in [1.29, 1.82) is 5.26 Å². The number of anilines is 1. The van der Waals surface area contributed by atoms with Gasteiger partial charge in [0.05, 0.1) is 43.1 Å². The number of hydrogen-bond donors (Lipinski definition) is 2. The number of ether oxygens (including phenoxy) is 1. The van der Waals surface area contributed by atoms with E-state index in [1.807, 2.05) is 43.8 Å². The van der Waals surface area contributed by atoms with Gasteiger partial charge in [-0.25, -0.2) is 4.68 Å². The molecule has 2 N–H and O–H groups in total. The van der Waals surface area contributed by atoms with Crippen LogP contribution in [0.25, 0.3) is 0 Å². The average Bonchev–Trinajstić information content (AvgIpc) is 3.38. The number of nitrogens with one attached hydrogen (secondary N) is 2. The van der Waals surface area contributed by atoms with Gasteiger partial charge in [-0.1, -0.05) is 37.6 Å². The van der Waals surface area contributed by atoms with Crippen molar-refractivity contribution in [3.05, 3.63) is 41.0 Å². The maximum absolute atomic E-state index is 9.76. The molecule has 3 heterocycles. The SMILES string of the molecule is CC.Cc1cc(N2CCC(Sc3ccccc3Cl)C2)n(CC[NH+]2CCOCC2)n1.N#CC1(NC=O)CC1. The highest BCUT2D eigenvalue weighted by atomic mass is 35.5. The second-order valence-electron chi connectivity index (χ2n) is 9.34. The smallest absolute Gasteiger partial charge is 0.208 e. The fourth-order valence-corrected chi connectivity index (χ4v) is 5.85. The Hall–Kier alpha value is -2.25. The number of hydrogen-bond acceptors (Lipinski definition) is 6. The maximum atomic E-state index is 9.76. The standard InChI is InChI=1S/C20H27ClN4OS.C5H6N2O.C2H6/c1-16-14-20(25(22-16)9-8-23-10-12-26-13-11-23)24-7-6-17(15-24)27-19-5-3-2-4-18(19)21;6-3-5(1-2-5)7-4-8;1-2/h2-5,14,17H,6-13,15H2,1H3;4H,1-2H2,(H,7,8);1-2H3/p+1. The number of nitriles is 1. The molecule has 3 aliphatic rings. The lowest BCUT2D eigenvalue weighted by Crippen LogP contribution is -3.14. The highest BCUT2D eigenvalue weighted by molar-refractivity contribution is 8.00. The molecule has 0 radical (unpaired) electrons. The normalized spacial score (nSPS) is 20.1. The Morgan fingerprint density at radius 1 is 1.32 bits per heavy atom. The van der Waals surface area contributed by atoms with E-state index in [-0.39, 0.29) is 0 Å². The van der Waals surface area contributed by atoms with E-state index in [1.165, 1.54) is 17.1 Å². The van der Waals surface area contributed by atoms with Crippen LogP contribution >= 0.6 is 23.4 Å². The number of amides is 1. The number of quaternary nitrogens is 1. The molecule has 10 heteroatoms. The molecule has 8 nitrogen and oxygen atoms in total. The van der Waals surface area contributed by atoms with Crippen LogP contribution in [0, 0.1) is 18.3 Å². The van der Waals surface area contributed by atoms with Crippen molar-refractivity contribution in [3.63, 3.8) is 0 Å². The van der Waals surface area contributed by atoms with Crippen LogP contribution < -0.4 is 15.1 Å². The number of aryl methyl sites for hydroxylation is 1. The molecule has 0 spiro atoms. The summed E-state index contributed by atoms with van der Waals surface area (Å²) in [7, 11) is 0. The summed E-state index contributed by atoms with van der Waals surface area (Å²) in [5.74, 6) is 1.27. The van der Waals surface area contributed by atoms with E-state index in [0.29, 0.717) is 11.7 Å². The number of benzene rings is 1. The topological polar surface area (TPSA) is 87.6 Å². The van der Waals surface area contributed by atoms with Crippen molar-refractivity contribution < 1.29 is 14.4 Å². The zero-order valence-electron chi connectivity index (χ0n) is 22.2. The third-order valence-corrected chi connectivity index (χ3v) is 8.43. The summed E-state index contributed by atoms with van der Waals surface area (Å²) in [6, 6.07) is 12.4. The third kappa shape index (κ3) is 8.64.